The number of aliphatic hydroxyl groups excluding tert-OH is 1. The van der Waals surface area contributed by atoms with Crippen molar-refractivity contribution in [3.8, 4) is 0 Å². The Bertz CT molecular complexity index is 345. The molecule has 0 unspecified atom stereocenters. The fraction of sp³-hybridized carbons (Fsp3) is 0.444. The van der Waals surface area contributed by atoms with Crippen molar-refractivity contribution in [2.45, 2.75) is 13.5 Å². The molecule has 0 atom stereocenters. The van der Waals surface area contributed by atoms with Gasteiger partial charge in [-0.15, -0.1) is 11.3 Å². The van der Waals surface area contributed by atoms with Gasteiger partial charge in [0.15, 0.2) is 0 Å². The zero-order valence-corrected chi connectivity index (χ0v) is 8.23. The normalized spacial score (nSPS) is 15.2. The maximum absolute atomic E-state index is 11.6. The first-order valence-electron chi connectivity index (χ1n) is 4.22. The molecule has 1 aliphatic heterocycles. The van der Waals surface area contributed by atoms with Crippen LogP contribution >= 0.6 is 11.3 Å². The molecule has 0 aliphatic carbocycles. The number of hydrogen-bond donors (Lipinski definition) is 1. The summed E-state index contributed by atoms with van der Waals surface area (Å²) < 4.78 is 0. The zero-order valence-electron chi connectivity index (χ0n) is 7.41. The van der Waals surface area contributed by atoms with Crippen molar-refractivity contribution in [1.29, 1.82) is 0 Å². The van der Waals surface area contributed by atoms with Crippen LogP contribution in [0.2, 0.25) is 0 Å². The summed E-state index contributed by atoms with van der Waals surface area (Å²) in [5, 5.41) is 8.73. The van der Waals surface area contributed by atoms with Gasteiger partial charge in [0, 0.05) is 18.0 Å². The highest BCUT2D eigenvalue weighted by Crippen LogP contribution is 2.30. The first-order chi connectivity index (χ1) is 6.22. The number of fused-ring (bicyclic) bond motifs is 1. The molecular formula is C9H11NO2S. The lowest BCUT2D eigenvalue weighted by molar-refractivity contribution is 0.0749. The van der Waals surface area contributed by atoms with Crippen LogP contribution in [-0.4, -0.2) is 29.1 Å². The lowest BCUT2D eigenvalue weighted by atomic mass is 10.3. The molecule has 0 saturated carbocycles. The first-order valence-corrected chi connectivity index (χ1v) is 5.03. The van der Waals surface area contributed by atoms with E-state index < -0.39 is 0 Å². The Kier molecular flexibility index (Phi) is 2.09. The van der Waals surface area contributed by atoms with E-state index in [0.29, 0.717) is 13.1 Å². The quantitative estimate of drug-likeness (QED) is 0.768. The lowest BCUT2D eigenvalue weighted by Gasteiger charge is -2.13. The van der Waals surface area contributed by atoms with Gasteiger partial charge in [-0.3, -0.25) is 4.79 Å². The number of carbonyl (C=O) groups excluding carboxylic acids is 1. The zero-order chi connectivity index (χ0) is 9.42. The Morgan fingerprint density at radius 3 is 3.08 bits per heavy atom. The summed E-state index contributed by atoms with van der Waals surface area (Å²) in [5.41, 5.74) is 1.11. The van der Waals surface area contributed by atoms with E-state index in [9.17, 15) is 4.79 Å². The van der Waals surface area contributed by atoms with Gasteiger partial charge < -0.3 is 10.0 Å². The monoisotopic (exact) mass is 197 g/mol. The van der Waals surface area contributed by atoms with E-state index in [0.717, 1.165) is 10.4 Å². The van der Waals surface area contributed by atoms with Gasteiger partial charge >= 0.3 is 0 Å². The standard InChI is InChI=1S/C9H11NO2S/c1-6-4-7-5-10(2-3-11)9(12)8(7)13-6/h4,11H,2-3,5H2,1H3. The number of carbonyl (C=O) groups is 1. The van der Waals surface area contributed by atoms with Gasteiger partial charge in [0.1, 0.15) is 0 Å². The number of hydrogen-bond acceptors (Lipinski definition) is 3. The maximum atomic E-state index is 11.6. The molecule has 3 nitrogen and oxygen atoms in total. The summed E-state index contributed by atoms with van der Waals surface area (Å²) in [5.74, 6) is 0.0714. The molecule has 1 aromatic rings. The van der Waals surface area contributed by atoms with Crippen LogP contribution in [0.4, 0.5) is 0 Å². The molecule has 2 heterocycles. The van der Waals surface area contributed by atoms with E-state index in [1.165, 1.54) is 4.88 Å². The number of β-amino-alcohol motifs (C(OH)–C–C–N with tert-alkyl or cyclic N) is 1. The van der Waals surface area contributed by atoms with Crippen LogP contribution in [0.5, 0.6) is 0 Å². The van der Waals surface area contributed by atoms with Gasteiger partial charge in [-0.1, -0.05) is 0 Å². The highest BCUT2D eigenvalue weighted by molar-refractivity contribution is 7.14. The van der Waals surface area contributed by atoms with E-state index in [-0.39, 0.29) is 12.5 Å². The summed E-state index contributed by atoms with van der Waals surface area (Å²) in [6.07, 6.45) is 0. The molecule has 70 valence electrons. The molecule has 0 radical (unpaired) electrons. The second-order valence-corrected chi connectivity index (χ2v) is 4.42. The second-order valence-electron chi connectivity index (χ2n) is 3.16. The fourth-order valence-electron chi connectivity index (χ4n) is 1.59. The van der Waals surface area contributed by atoms with Crippen LogP contribution in [0.1, 0.15) is 20.1 Å². The van der Waals surface area contributed by atoms with Crippen molar-refractivity contribution >= 4 is 17.2 Å². The van der Waals surface area contributed by atoms with Gasteiger partial charge in [0.25, 0.3) is 5.91 Å². The van der Waals surface area contributed by atoms with Crippen molar-refractivity contribution in [3.05, 3.63) is 21.4 Å². The lowest BCUT2D eigenvalue weighted by Crippen LogP contribution is -2.26. The molecule has 0 fully saturated rings. The van der Waals surface area contributed by atoms with Crippen molar-refractivity contribution < 1.29 is 9.90 Å². The van der Waals surface area contributed by atoms with Crippen molar-refractivity contribution in [2.24, 2.45) is 0 Å². The van der Waals surface area contributed by atoms with Crippen molar-refractivity contribution in [2.75, 3.05) is 13.2 Å². The number of thiophene rings is 1. The first kappa shape index (κ1) is 8.72. The van der Waals surface area contributed by atoms with Crippen LogP contribution < -0.4 is 0 Å². The minimum Gasteiger partial charge on any atom is -0.395 e. The van der Waals surface area contributed by atoms with Crippen LogP contribution in [0.15, 0.2) is 6.07 Å². The molecule has 1 aliphatic rings. The molecule has 13 heavy (non-hydrogen) atoms. The van der Waals surface area contributed by atoms with Crippen LogP contribution in [-0.2, 0) is 6.54 Å². The Hall–Kier alpha value is -0.870. The molecule has 0 saturated heterocycles. The summed E-state index contributed by atoms with van der Waals surface area (Å²) >= 11 is 1.54. The van der Waals surface area contributed by atoms with Crippen LogP contribution in [0.25, 0.3) is 0 Å². The minimum atomic E-state index is 0.0413. The van der Waals surface area contributed by atoms with E-state index in [1.54, 1.807) is 16.2 Å². The van der Waals surface area contributed by atoms with Crippen molar-refractivity contribution in [3.63, 3.8) is 0 Å². The smallest absolute Gasteiger partial charge is 0.264 e. The molecule has 0 bridgehead atoms. The van der Waals surface area contributed by atoms with Gasteiger partial charge in [0.05, 0.1) is 11.5 Å². The second kappa shape index (κ2) is 3.12. The SMILES string of the molecule is Cc1cc2c(s1)C(=O)N(CCO)C2. The van der Waals surface area contributed by atoms with Crippen molar-refractivity contribution in [1.82, 2.24) is 4.90 Å². The summed E-state index contributed by atoms with van der Waals surface area (Å²) in [6, 6.07) is 2.05. The molecular weight excluding hydrogens is 186 g/mol. The maximum Gasteiger partial charge on any atom is 0.264 e. The molecule has 1 N–H and O–H groups in total. The Morgan fingerprint density at radius 2 is 2.46 bits per heavy atom. The third-order valence-electron chi connectivity index (χ3n) is 2.14. The van der Waals surface area contributed by atoms with Gasteiger partial charge in [0.2, 0.25) is 0 Å². The van der Waals surface area contributed by atoms with E-state index in [2.05, 4.69) is 6.07 Å². The summed E-state index contributed by atoms with van der Waals surface area (Å²) in [6.45, 7) is 3.16. The summed E-state index contributed by atoms with van der Waals surface area (Å²) in [7, 11) is 0. The number of nitrogens with zero attached hydrogens (tertiary/aromatic N) is 1. The number of aryl methyl sites for hydroxylation is 1. The van der Waals surface area contributed by atoms with Gasteiger partial charge in [-0.05, 0) is 18.6 Å². The number of amides is 1. The molecule has 4 heteroatoms. The number of aliphatic hydroxyl groups is 1. The predicted octanol–water partition coefficient (Wildman–Crippen LogP) is 1.00. The Morgan fingerprint density at radius 1 is 1.69 bits per heavy atom. The van der Waals surface area contributed by atoms with Crippen LogP contribution in [0.3, 0.4) is 0 Å². The minimum absolute atomic E-state index is 0.0413. The van der Waals surface area contributed by atoms with E-state index in [1.807, 2.05) is 6.92 Å². The number of rotatable bonds is 2. The third-order valence-corrected chi connectivity index (χ3v) is 3.23. The molecule has 0 aromatic carbocycles. The largest absolute Gasteiger partial charge is 0.395 e. The van der Waals surface area contributed by atoms with Crippen LogP contribution in [0, 0.1) is 6.92 Å². The van der Waals surface area contributed by atoms with Gasteiger partial charge in [-0.2, -0.15) is 0 Å². The Balaban J connectivity index is 2.25. The molecule has 0 spiro atoms. The molecule has 1 aromatic heterocycles. The molecule has 2 rings (SSSR count). The van der Waals surface area contributed by atoms with E-state index >= 15 is 0 Å². The van der Waals surface area contributed by atoms with E-state index in [4.69, 9.17) is 5.11 Å². The Labute approximate surface area is 80.6 Å². The molecule has 1 amide bonds. The predicted molar refractivity (Wildman–Crippen MR) is 50.9 cm³/mol. The summed E-state index contributed by atoms with van der Waals surface area (Å²) in [4.78, 5) is 15.3. The average molecular weight is 197 g/mol. The topological polar surface area (TPSA) is 40.5 Å². The fourth-order valence-corrected chi connectivity index (χ4v) is 2.58. The highest BCUT2D eigenvalue weighted by atomic mass is 32.1. The van der Waals surface area contributed by atoms with Gasteiger partial charge in [-0.25, -0.2) is 0 Å². The average Bonchev–Trinajstić information content (AvgIpc) is 2.54. The highest BCUT2D eigenvalue weighted by Gasteiger charge is 2.28. The third kappa shape index (κ3) is 1.36.